The molecule has 1 atom stereocenters. The van der Waals surface area contributed by atoms with E-state index in [0.29, 0.717) is 18.9 Å². The Bertz CT molecular complexity index is 505. The van der Waals surface area contributed by atoms with Crippen molar-refractivity contribution in [2.75, 3.05) is 6.54 Å². The second-order valence-electron chi connectivity index (χ2n) is 6.46. The highest BCUT2D eigenvalue weighted by Gasteiger charge is 2.30. The number of benzene rings is 1. The molecule has 1 fully saturated rings. The first kappa shape index (κ1) is 15.5. The van der Waals surface area contributed by atoms with Gasteiger partial charge in [0, 0.05) is 13.0 Å². The van der Waals surface area contributed by atoms with Crippen LogP contribution in [0.15, 0.2) is 30.3 Å². The first-order valence-electron chi connectivity index (χ1n) is 7.45. The molecule has 1 aliphatic heterocycles. The molecule has 0 radical (unpaired) electrons. The predicted molar refractivity (Wildman–Crippen MR) is 81.0 cm³/mol. The van der Waals surface area contributed by atoms with Crippen LogP contribution in [0.2, 0.25) is 0 Å². The van der Waals surface area contributed by atoms with Gasteiger partial charge in [0.05, 0.1) is 0 Å². The normalized spacial score (nSPS) is 20.0. The van der Waals surface area contributed by atoms with Gasteiger partial charge in [0.1, 0.15) is 5.60 Å². The first-order chi connectivity index (χ1) is 9.87. The van der Waals surface area contributed by atoms with E-state index >= 15 is 0 Å². The van der Waals surface area contributed by atoms with E-state index in [1.807, 2.05) is 18.2 Å². The standard InChI is InChI=1S/C17H23NO3/c1-17(2,3)21-16(20)18-12-11-14(9-10-15(18)19)13-7-5-4-6-8-13/h4-8,14H,9-12H2,1-3H3. The summed E-state index contributed by atoms with van der Waals surface area (Å²) in [5, 5.41) is 0. The van der Waals surface area contributed by atoms with E-state index in [9.17, 15) is 9.59 Å². The molecule has 1 heterocycles. The molecular formula is C17H23NO3. The lowest BCUT2D eigenvalue weighted by Gasteiger charge is -2.25. The maximum Gasteiger partial charge on any atom is 0.417 e. The van der Waals surface area contributed by atoms with Gasteiger partial charge in [0.15, 0.2) is 0 Å². The van der Waals surface area contributed by atoms with E-state index in [1.165, 1.54) is 10.5 Å². The Balaban J connectivity index is 2.04. The third-order valence-electron chi connectivity index (χ3n) is 3.59. The quantitative estimate of drug-likeness (QED) is 0.791. The molecular weight excluding hydrogens is 266 g/mol. The lowest BCUT2D eigenvalue weighted by Crippen LogP contribution is -2.40. The number of rotatable bonds is 1. The van der Waals surface area contributed by atoms with Crippen LogP contribution in [-0.2, 0) is 9.53 Å². The smallest absolute Gasteiger partial charge is 0.417 e. The molecule has 1 aromatic rings. The summed E-state index contributed by atoms with van der Waals surface area (Å²) in [6, 6.07) is 10.2. The lowest BCUT2D eigenvalue weighted by molar-refractivity contribution is -0.129. The number of amides is 2. The summed E-state index contributed by atoms with van der Waals surface area (Å²) in [7, 11) is 0. The van der Waals surface area contributed by atoms with Crippen LogP contribution in [0.5, 0.6) is 0 Å². The summed E-state index contributed by atoms with van der Waals surface area (Å²) in [6.07, 6.45) is 1.43. The highest BCUT2D eigenvalue weighted by Crippen LogP contribution is 2.28. The van der Waals surface area contributed by atoms with E-state index < -0.39 is 11.7 Å². The van der Waals surface area contributed by atoms with Gasteiger partial charge >= 0.3 is 6.09 Å². The minimum Gasteiger partial charge on any atom is -0.443 e. The van der Waals surface area contributed by atoms with Gasteiger partial charge in [-0.1, -0.05) is 30.3 Å². The van der Waals surface area contributed by atoms with Crippen molar-refractivity contribution in [2.24, 2.45) is 0 Å². The fraction of sp³-hybridized carbons (Fsp3) is 0.529. The Morgan fingerprint density at radius 2 is 1.86 bits per heavy atom. The third-order valence-corrected chi connectivity index (χ3v) is 3.59. The second-order valence-corrected chi connectivity index (χ2v) is 6.46. The molecule has 4 nitrogen and oxygen atoms in total. The van der Waals surface area contributed by atoms with Crippen molar-refractivity contribution in [3.8, 4) is 0 Å². The number of carbonyl (C=O) groups excluding carboxylic acids is 2. The Morgan fingerprint density at radius 3 is 2.48 bits per heavy atom. The molecule has 0 aromatic heterocycles. The zero-order valence-corrected chi connectivity index (χ0v) is 13.0. The number of hydrogen-bond acceptors (Lipinski definition) is 3. The third kappa shape index (κ3) is 4.31. The Hall–Kier alpha value is -1.84. The summed E-state index contributed by atoms with van der Waals surface area (Å²) in [5.41, 5.74) is 0.652. The molecule has 0 bridgehead atoms. The summed E-state index contributed by atoms with van der Waals surface area (Å²) in [4.78, 5) is 25.5. The average Bonchev–Trinajstić information content (AvgIpc) is 2.60. The van der Waals surface area contributed by atoms with Crippen LogP contribution >= 0.6 is 0 Å². The molecule has 0 spiro atoms. The molecule has 1 aliphatic rings. The molecule has 0 aliphatic carbocycles. The minimum atomic E-state index is -0.581. The summed E-state index contributed by atoms with van der Waals surface area (Å²) in [6.45, 7) is 5.84. The minimum absolute atomic E-state index is 0.136. The predicted octanol–water partition coefficient (Wildman–Crippen LogP) is 3.72. The van der Waals surface area contributed by atoms with Gasteiger partial charge in [-0.15, -0.1) is 0 Å². The fourth-order valence-electron chi connectivity index (χ4n) is 2.56. The van der Waals surface area contributed by atoms with Gasteiger partial charge in [-0.3, -0.25) is 4.79 Å². The molecule has 1 saturated heterocycles. The van der Waals surface area contributed by atoms with E-state index in [2.05, 4.69) is 12.1 Å². The van der Waals surface area contributed by atoms with Crippen LogP contribution in [0.25, 0.3) is 0 Å². The molecule has 1 unspecified atom stereocenters. The highest BCUT2D eigenvalue weighted by atomic mass is 16.6. The average molecular weight is 289 g/mol. The fourth-order valence-corrected chi connectivity index (χ4v) is 2.56. The van der Waals surface area contributed by atoms with E-state index in [1.54, 1.807) is 20.8 Å². The molecule has 114 valence electrons. The largest absolute Gasteiger partial charge is 0.443 e. The van der Waals surface area contributed by atoms with Gasteiger partial charge in [-0.25, -0.2) is 9.69 Å². The number of likely N-dealkylation sites (tertiary alicyclic amines) is 1. The zero-order chi connectivity index (χ0) is 15.5. The van der Waals surface area contributed by atoms with E-state index in [0.717, 1.165) is 12.8 Å². The van der Waals surface area contributed by atoms with Crippen LogP contribution in [0, 0.1) is 0 Å². The summed E-state index contributed by atoms with van der Waals surface area (Å²) < 4.78 is 5.31. The summed E-state index contributed by atoms with van der Waals surface area (Å²) >= 11 is 0. The summed E-state index contributed by atoms with van der Waals surface area (Å²) in [5.74, 6) is 0.185. The van der Waals surface area contributed by atoms with E-state index in [-0.39, 0.29) is 5.91 Å². The van der Waals surface area contributed by atoms with Gasteiger partial charge in [-0.2, -0.15) is 0 Å². The van der Waals surface area contributed by atoms with Gasteiger partial charge in [0.25, 0.3) is 0 Å². The van der Waals surface area contributed by atoms with Crippen molar-refractivity contribution in [3.63, 3.8) is 0 Å². The highest BCUT2D eigenvalue weighted by molar-refractivity contribution is 5.92. The van der Waals surface area contributed by atoms with Crippen molar-refractivity contribution in [2.45, 2.75) is 51.6 Å². The van der Waals surface area contributed by atoms with Crippen molar-refractivity contribution in [3.05, 3.63) is 35.9 Å². The zero-order valence-electron chi connectivity index (χ0n) is 13.0. The van der Waals surface area contributed by atoms with Crippen molar-refractivity contribution < 1.29 is 14.3 Å². The number of hydrogen-bond donors (Lipinski definition) is 0. The Kier molecular flexibility index (Phi) is 4.66. The number of ether oxygens (including phenoxy) is 1. The number of nitrogens with zero attached hydrogens (tertiary/aromatic N) is 1. The second kappa shape index (κ2) is 6.29. The molecule has 4 heteroatoms. The molecule has 1 aromatic carbocycles. The SMILES string of the molecule is CC(C)(C)OC(=O)N1CCC(c2ccccc2)CCC1=O. The van der Waals surface area contributed by atoms with Crippen LogP contribution in [0.3, 0.4) is 0 Å². The van der Waals surface area contributed by atoms with Crippen molar-refractivity contribution in [1.29, 1.82) is 0 Å². The lowest BCUT2D eigenvalue weighted by atomic mass is 9.92. The molecule has 0 saturated carbocycles. The Morgan fingerprint density at radius 1 is 1.19 bits per heavy atom. The molecule has 2 rings (SSSR count). The maximum absolute atomic E-state index is 12.1. The molecule has 21 heavy (non-hydrogen) atoms. The maximum atomic E-state index is 12.1. The monoisotopic (exact) mass is 289 g/mol. The van der Waals surface area contributed by atoms with Crippen LogP contribution in [0.1, 0.15) is 51.5 Å². The van der Waals surface area contributed by atoms with Gasteiger partial charge in [0.2, 0.25) is 5.91 Å². The van der Waals surface area contributed by atoms with Crippen molar-refractivity contribution in [1.82, 2.24) is 4.90 Å². The van der Waals surface area contributed by atoms with Gasteiger partial charge in [-0.05, 0) is 45.1 Å². The molecule has 0 N–H and O–H groups in total. The molecule has 2 amide bonds. The van der Waals surface area contributed by atoms with Gasteiger partial charge < -0.3 is 4.74 Å². The van der Waals surface area contributed by atoms with E-state index in [4.69, 9.17) is 4.74 Å². The van der Waals surface area contributed by atoms with Crippen LogP contribution in [0.4, 0.5) is 4.79 Å². The topological polar surface area (TPSA) is 46.6 Å². The number of imide groups is 1. The van der Waals surface area contributed by atoms with Crippen LogP contribution in [-0.4, -0.2) is 29.0 Å². The number of carbonyl (C=O) groups is 2. The first-order valence-corrected chi connectivity index (χ1v) is 7.45. The van der Waals surface area contributed by atoms with Crippen molar-refractivity contribution >= 4 is 12.0 Å². The Labute approximate surface area is 126 Å². The van der Waals surface area contributed by atoms with Crippen LogP contribution < -0.4 is 0 Å².